The van der Waals surface area contributed by atoms with E-state index in [1.54, 1.807) is 11.3 Å². The van der Waals surface area contributed by atoms with E-state index < -0.39 is 16.5 Å². The first kappa shape index (κ1) is 22.3. The highest BCUT2D eigenvalue weighted by Gasteiger charge is 2.48. The molecule has 0 radical (unpaired) electrons. The summed E-state index contributed by atoms with van der Waals surface area (Å²) >= 11 is 3.04. The largest absolute Gasteiger partial charge is 0.365 e. The topological polar surface area (TPSA) is 57.8 Å². The monoisotopic (exact) mass is 485 g/mol. The highest BCUT2D eigenvalue weighted by molar-refractivity contribution is 8.15. The summed E-state index contributed by atoms with van der Waals surface area (Å²) in [6.07, 6.45) is 3.41. The van der Waals surface area contributed by atoms with Gasteiger partial charge >= 0.3 is 0 Å². The van der Waals surface area contributed by atoms with Crippen molar-refractivity contribution in [2.75, 3.05) is 30.0 Å². The molecule has 5 rings (SSSR count). The Labute approximate surface area is 200 Å². The quantitative estimate of drug-likeness (QED) is 0.513. The van der Waals surface area contributed by atoms with Crippen LogP contribution in [-0.2, 0) is 11.3 Å². The van der Waals surface area contributed by atoms with Crippen LogP contribution in [0, 0.1) is 11.6 Å². The minimum absolute atomic E-state index is 0.161. The number of aromatic nitrogens is 1. The number of anilines is 2. The zero-order chi connectivity index (χ0) is 23.0. The third-order valence-electron chi connectivity index (χ3n) is 6.00. The highest BCUT2D eigenvalue weighted by atomic mass is 32.2. The highest BCUT2D eigenvalue weighted by Crippen LogP contribution is 2.54. The summed E-state index contributed by atoms with van der Waals surface area (Å²) in [5.41, 5.74) is 8.18. The number of thiazole rings is 1. The molecule has 1 aromatic heterocycles. The first-order valence-corrected chi connectivity index (χ1v) is 12.6. The van der Waals surface area contributed by atoms with E-state index in [4.69, 9.17) is 15.8 Å². The van der Waals surface area contributed by atoms with Crippen molar-refractivity contribution in [3.8, 4) is 0 Å². The molecule has 1 unspecified atom stereocenters. The third kappa shape index (κ3) is 4.02. The number of rotatable bonds is 6. The summed E-state index contributed by atoms with van der Waals surface area (Å²) in [5.74, 6) is -0.991. The van der Waals surface area contributed by atoms with Gasteiger partial charge in [0.2, 0.25) is 5.13 Å². The summed E-state index contributed by atoms with van der Waals surface area (Å²) in [6, 6.07) is 13.5. The van der Waals surface area contributed by atoms with Crippen molar-refractivity contribution >= 4 is 38.3 Å². The van der Waals surface area contributed by atoms with Crippen molar-refractivity contribution < 1.29 is 8.78 Å². The van der Waals surface area contributed by atoms with Gasteiger partial charge < -0.3 is 10.6 Å². The molecule has 5 nitrogen and oxygen atoms in total. The summed E-state index contributed by atoms with van der Waals surface area (Å²) in [7, 11) is 2.08. The Morgan fingerprint density at radius 1 is 1.15 bits per heavy atom. The fourth-order valence-electron chi connectivity index (χ4n) is 4.35. The van der Waals surface area contributed by atoms with Crippen molar-refractivity contribution in [1.29, 1.82) is 0 Å². The molecule has 0 saturated carbocycles. The Morgan fingerprint density at radius 3 is 2.73 bits per heavy atom. The zero-order valence-corrected chi connectivity index (χ0v) is 19.9. The van der Waals surface area contributed by atoms with Gasteiger partial charge in [-0.05, 0) is 56.0 Å². The van der Waals surface area contributed by atoms with Crippen LogP contribution >= 0.6 is 23.1 Å². The Balaban J connectivity index is 1.68. The van der Waals surface area contributed by atoms with E-state index in [9.17, 15) is 8.78 Å². The SMILES string of the molecule is CN1CCCc2nc(N3N=C(c4cc(F)ccc4F)SC3(CCCN)c3ccccc3)sc21. The van der Waals surface area contributed by atoms with Gasteiger partial charge in [0.1, 0.15) is 26.6 Å². The van der Waals surface area contributed by atoms with Gasteiger partial charge in [-0.3, -0.25) is 0 Å². The molecule has 1 atom stereocenters. The number of hydrogen-bond donors (Lipinski definition) is 1. The number of nitrogens with two attached hydrogens (primary N) is 1. The normalized spacial score (nSPS) is 20.2. The minimum atomic E-state index is -0.659. The predicted molar refractivity (Wildman–Crippen MR) is 133 cm³/mol. The van der Waals surface area contributed by atoms with Crippen LogP contribution in [-0.4, -0.2) is 30.2 Å². The molecule has 0 fully saturated rings. The molecule has 3 heterocycles. The number of aryl methyl sites for hydroxylation is 1. The van der Waals surface area contributed by atoms with Crippen molar-refractivity contribution in [3.05, 3.63) is 77.0 Å². The molecule has 0 aliphatic carbocycles. The number of nitrogens with zero attached hydrogens (tertiary/aromatic N) is 4. The summed E-state index contributed by atoms with van der Waals surface area (Å²) in [4.78, 5) is 6.53. The van der Waals surface area contributed by atoms with Crippen molar-refractivity contribution in [1.82, 2.24) is 4.98 Å². The van der Waals surface area contributed by atoms with E-state index in [0.29, 0.717) is 18.0 Å². The molecule has 2 aromatic carbocycles. The number of fused-ring (bicyclic) bond motifs is 1. The molecule has 0 saturated heterocycles. The van der Waals surface area contributed by atoms with Gasteiger partial charge in [-0.1, -0.05) is 53.4 Å². The minimum Gasteiger partial charge on any atom is -0.365 e. The number of hydrazone groups is 1. The van der Waals surface area contributed by atoms with E-state index in [0.717, 1.165) is 59.3 Å². The second kappa shape index (κ2) is 9.04. The molecule has 3 aromatic rings. The average molecular weight is 486 g/mol. The van der Waals surface area contributed by atoms with Crippen LogP contribution in [0.2, 0.25) is 0 Å². The van der Waals surface area contributed by atoms with E-state index in [2.05, 4.69) is 24.1 Å². The maximum absolute atomic E-state index is 14.8. The molecule has 172 valence electrons. The molecule has 33 heavy (non-hydrogen) atoms. The Morgan fingerprint density at radius 2 is 1.97 bits per heavy atom. The molecular weight excluding hydrogens is 460 g/mol. The maximum atomic E-state index is 14.8. The maximum Gasteiger partial charge on any atom is 0.209 e. The Hall–Kier alpha value is -2.49. The van der Waals surface area contributed by atoms with Crippen LogP contribution in [0.5, 0.6) is 0 Å². The fraction of sp³-hybridized carbons (Fsp3) is 0.333. The summed E-state index contributed by atoms with van der Waals surface area (Å²) in [5, 5.41) is 9.13. The smallest absolute Gasteiger partial charge is 0.209 e. The van der Waals surface area contributed by atoms with E-state index in [-0.39, 0.29) is 5.56 Å². The van der Waals surface area contributed by atoms with Gasteiger partial charge in [0.25, 0.3) is 0 Å². The van der Waals surface area contributed by atoms with Crippen molar-refractivity contribution in [3.63, 3.8) is 0 Å². The molecule has 0 spiro atoms. The molecule has 2 aliphatic heterocycles. The standard InChI is InChI=1S/C24H25F2N5S2/c1-30-14-5-9-20-22(30)32-23(28-20)31-24(12-6-13-27,16-7-3-2-4-8-16)33-21(29-31)18-15-17(25)10-11-19(18)26/h2-4,7-8,10-11,15H,5-6,9,12-14,27H2,1H3. The van der Waals surface area contributed by atoms with Crippen LogP contribution in [0.25, 0.3) is 0 Å². The molecule has 0 bridgehead atoms. The first-order valence-electron chi connectivity index (χ1n) is 11.0. The van der Waals surface area contributed by atoms with Crippen LogP contribution in [0.1, 0.15) is 36.1 Å². The van der Waals surface area contributed by atoms with Gasteiger partial charge in [-0.15, -0.1) is 0 Å². The van der Waals surface area contributed by atoms with Crippen LogP contribution in [0.3, 0.4) is 0 Å². The average Bonchev–Trinajstić information content (AvgIpc) is 3.43. The van der Waals surface area contributed by atoms with Crippen LogP contribution in [0.4, 0.5) is 18.9 Å². The number of thioether (sulfide) groups is 1. The molecule has 2 N–H and O–H groups in total. The lowest BCUT2D eigenvalue weighted by Gasteiger charge is -2.35. The number of hydrogen-bond acceptors (Lipinski definition) is 7. The lowest BCUT2D eigenvalue weighted by atomic mass is 10.0. The van der Waals surface area contributed by atoms with Gasteiger partial charge in [0.15, 0.2) is 0 Å². The van der Waals surface area contributed by atoms with Crippen LogP contribution in [0.15, 0.2) is 53.6 Å². The van der Waals surface area contributed by atoms with Crippen molar-refractivity contribution in [2.24, 2.45) is 10.8 Å². The summed E-state index contributed by atoms with van der Waals surface area (Å²) < 4.78 is 28.8. The third-order valence-corrected chi connectivity index (χ3v) is 8.64. The molecule has 9 heteroatoms. The second-order valence-corrected chi connectivity index (χ2v) is 10.5. The fourth-order valence-corrected chi connectivity index (χ4v) is 6.96. The summed E-state index contributed by atoms with van der Waals surface area (Å²) in [6.45, 7) is 1.51. The lowest BCUT2D eigenvalue weighted by molar-refractivity contribution is 0.526. The Kier molecular flexibility index (Phi) is 6.11. The van der Waals surface area contributed by atoms with Gasteiger partial charge in [0, 0.05) is 19.2 Å². The Bertz CT molecular complexity index is 1180. The van der Waals surface area contributed by atoms with Crippen molar-refractivity contribution in [2.45, 2.75) is 30.6 Å². The van der Waals surface area contributed by atoms with E-state index in [1.165, 1.54) is 17.8 Å². The molecule has 2 aliphatic rings. The van der Waals surface area contributed by atoms with E-state index >= 15 is 0 Å². The number of benzene rings is 2. The van der Waals surface area contributed by atoms with Crippen LogP contribution < -0.4 is 15.6 Å². The number of halogens is 2. The van der Waals surface area contributed by atoms with Gasteiger partial charge in [-0.25, -0.2) is 18.8 Å². The molecule has 0 amide bonds. The predicted octanol–water partition coefficient (Wildman–Crippen LogP) is 5.31. The van der Waals surface area contributed by atoms with E-state index in [1.807, 2.05) is 23.2 Å². The first-order chi connectivity index (χ1) is 16.0. The van der Waals surface area contributed by atoms with Gasteiger partial charge in [-0.2, -0.15) is 5.10 Å². The molecular formula is C24H25F2N5S2. The van der Waals surface area contributed by atoms with Gasteiger partial charge in [0.05, 0.1) is 5.69 Å². The second-order valence-electron chi connectivity index (χ2n) is 8.26. The zero-order valence-electron chi connectivity index (χ0n) is 18.3. The lowest BCUT2D eigenvalue weighted by Crippen LogP contribution is -2.38.